The van der Waals surface area contributed by atoms with Crippen molar-refractivity contribution in [1.82, 2.24) is 10.3 Å². The first-order valence-electron chi connectivity index (χ1n) is 9.05. The Kier molecular flexibility index (Phi) is 5.24. The third-order valence-corrected chi connectivity index (χ3v) is 5.23. The van der Waals surface area contributed by atoms with Gasteiger partial charge in [-0.15, -0.1) is 0 Å². The van der Waals surface area contributed by atoms with Gasteiger partial charge in [0.15, 0.2) is 5.75 Å². The van der Waals surface area contributed by atoms with Crippen LogP contribution in [0, 0.1) is 6.92 Å². The Labute approximate surface area is 154 Å². The molecule has 2 heterocycles. The Morgan fingerprint density at radius 3 is 2.80 bits per heavy atom. The molecule has 1 aliphatic rings. The number of ether oxygens (including phenoxy) is 1. The zero-order valence-electron chi connectivity index (χ0n) is 15.4. The number of aliphatic hydroxyl groups is 1. The fourth-order valence-electron chi connectivity index (χ4n) is 3.46. The molecule has 0 saturated carbocycles. The summed E-state index contributed by atoms with van der Waals surface area (Å²) < 4.78 is 6.20. The number of aryl methyl sites for hydroxylation is 1. The normalized spacial score (nSPS) is 21.8. The number of hydrogen-bond donors (Lipinski definition) is 2. The maximum Gasteiger partial charge on any atom is 0.151 e. The first kappa shape index (κ1) is 18.4. The van der Waals surface area contributed by atoms with Gasteiger partial charge >= 0.3 is 0 Å². The molecule has 0 spiro atoms. The lowest BCUT2D eigenvalue weighted by Crippen LogP contribution is -2.52. The highest BCUT2D eigenvalue weighted by molar-refractivity contribution is 6.35. The van der Waals surface area contributed by atoms with Gasteiger partial charge in [-0.25, -0.2) is 4.98 Å². The van der Waals surface area contributed by atoms with E-state index in [2.05, 4.69) is 17.2 Å². The van der Waals surface area contributed by atoms with Gasteiger partial charge in [0.2, 0.25) is 0 Å². The summed E-state index contributed by atoms with van der Waals surface area (Å²) in [4.78, 5) is 4.67. The molecule has 0 bridgehead atoms. The van der Waals surface area contributed by atoms with Crippen LogP contribution in [0.1, 0.15) is 57.3 Å². The highest BCUT2D eigenvalue weighted by Crippen LogP contribution is 2.44. The molecule has 1 aromatic carbocycles. The summed E-state index contributed by atoms with van der Waals surface area (Å²) in [6, 6.07) is 5.65. The minimum atomic E-state index is -0.707. The van der Waals surface area contributed by atoms with Crippen LogP contribution in [0.3, 0.4) is 0 Å². The molecule has 1 aromatic heterocycles. The SMILES string of the molecule is CCCCCNC1c2ccc3c(Cl)cc(C)nc3c2OC(C)(C)C1O. The summed E-state index contributed by atoms with van der Waals surface area (Å²) in [5, 5.41) is 15.9. The Morgan fingerprint density at radius 2 is 2.08 bits per heavy atom. The fraction of sp³-hybridized carbons (Fsp3) is 0.550. The number of halogens is 1. The topological polar surface area (TPSA) is 54.4 Å². The lowest BCUT2D eigenvalue weighted by atomic mass is 9.85. The number of hydrogen-bond acceptors (Lipinski definition) is 4. The number of benzene rings is 1. The van der Waals surface area contributed by atoms with E-state index in [9.17, 15) is 5.11 Å². The Morgan fingerprint density at radius 1 is 1.32 bits per heavy atom. The maximum absolute atomic E-state index is 10.8. The van der Waals surface area contributed by atoms with Crippen molar-refractivity contribution in [3.05, 3.63) is 34.5 Å². The van der Waals surface area contributed by atoms with E-state index in [1.807, 2.05) is 39.0 Å². The zero-order valence-corrected chi connectivity index (χ0v) is 16.2. The lowest BCUT2D eigenvalue weighted by Gasteiger charge is -2.42. The fourth-order valence-corrected chi connectivity index (χ4v) is 3.77. The molecule has 3 rings (SSSR count). The molecular weight excluding hydrogens is 336 g/mol. The first-order chi connectivity index (χ1) is 11.8. The van der Waals surface area contributed by atoms with Crippen molar-refractivity contribution < 1.29 is 9.84 Å². The number of nitrogens with zero attached hydrogens (tertiary/aromatic N) is 1. The van der Waals surface area contributed by atoms with E-state index in [1.165, 1.54) is 12.8 Å². The molecular formula is C20H27ClN2O2. The molecule has 2 aromatic rings. The second-order valence-corrected chi connectivity index (χ2v) is 7.82. The van der Waals surface area contributed by atoms with Crippen LogP contribution in [-0.4, -0.2) is 28.3 Å². The van der Waals surface area contributed by atoms with Crippen molar-refractivity contribution in [2.45, 2.75) is 64.7 Å². The molecule has 2 unspecified atom stereocenters. The second kappa shape index (κ2) is 7.10. The summed E-state index contributed by atoms with van der Waals surface area (Å²) in [5.74, 6) is 0.728. The summed E-state index contributed by atoms with van der Waals surface area (Å²) in [5.41, 5.74) is 1.86. The molecule has 2 atom stereocenters. The molecule has 0 fully saturated rings. The van der Waals surface area contributed by atoms with Crippen molar-refractivity contribution in [3.63, 3.8) is 0 Å². The molecule has 25 heavy (non-hydrogen) atoms. The van der Waals surface area contributed by atoms with Crippen molar-refractivity contribution in [2.24, 2.45) is 0 Å². The van der Waals surface area contributed by atoms with Gasteiger partial charge in [-0.2, -0.15) is 0 Å². The molecule has 1 aliphatic heterocycles. The number of aromatic nitrogens is 1. The number of pyridine rings is 1. The van der Waals surface area contributed by atoms with E-state index in [1.54, 1.807) is 0 Å². The number of aliphatic hydroxyl groups excluding tert-OH is 1. The zero-order chi connectivity index (χ0) is 18.2. The van der Waals surface area contributed by atoms with Crippen LogP contribution in [0.15, 0.2) is 18.2 Å². The van der Waals surface area contributed by atoms with Crippen LogP contribution < -0.4 is 10.1 Å². The maximum atomic E-state index is 10.8. The van der Waals surface area contributed by atoms with Crippen LogP contribution in [0.5, 0.6) is 5.75 Å². The monoisotopic (exact) mass is 362 g/mol. The predicted octanol–water partition coefficient (Wildman–Crippen LogP) is 4.55. The molecule has 4 nitrogen and oxygen atoms in total. The van der Waals surface area contributed by atoms with Crippen LogP contribution in [0.2, 0.25) is 5.02 Å². The highest BCUT2D eigenvalue weighted by Gasteiger charge is 2.43. The second-order valence-electron chi connectivity index (χ2n) is 7.41. The molecule has 2 N–H and O–H groups in total. The third-order valence-electron chi connectivity index (χ3n) is 4.92. The van der Waals surface area contributed by atoms with Gasteiger partial charge in [-0.05, 0) is 39.8 Å². The van der Waals surface area contributed by atoms with E-state index in [-0.39, 0.29) is 6.04 Å². The summed E-state index contributed by atoms with van der Waals surface area (Å²) in [6.45, 7) is 8.81. The van der Waals surface area contributed by atoms with Gasteiger partial charge in [0.25, 0.3) is 0 Å². The van der Waals surface area contributed by atoms with Gasteiger partial charge in [-0.3, -0.25) is 0 Å². The van der Waals surface area contributed by atoms with Crippen LogP contribution in [-0.2, 0) is 0 Å². The molecule has 0 amide bonds. The minimum Gasteiger partial charge on any atom is -0.482 e. The standard InChI is InChI=1S/C20H27ClN2O2/c1-5-6-7-10-22-17-14-9-8-13-15(21)11-12(2)23-16(13)18(14)25-20(3,4)19(17)24/h8-9,11,17,19,22,24H,5-7,10H2,1-4H3. The Balaban J connectivity index is 2.07. The lowest BCUT2D eigenvalue weighted by molar-refractivity contribution is -0.0635. The van der Waals surface area contributed by atoms with Gasteiger partial charge < -0.3 is 15.2 Å². The van der Waals surface area contributed by atoms with Crippen molar-refractivity contribution >= 4 is 22.5 Å². The summed E-state index contributed by atoms with van der Waals surface area (Å²) >= 11 is 6.40. The van der Waals surface area contributed by atoms with Crippen LogP contribution >= 0.6 is 11.6 Å². The van der Waals surface area contributed by atoms with Crippen LogP contribution in [0.25, 0.3) is 10.9 Å². The third kappa shape index (κ3) is 3.48. The average molecular weight is 363 g/mol. The van der Waals surface area contributed by atoms with E-state index in [0.717, 1.165) is 40.9 Å². The van der Waals surface area contributed by atoms with Gasteiger partial charge in [0, 0.05) is 16.6 Å². The smallest absolute Gasteiger partial charge is 0.151 e. The van der Waals surface area contributed by atoms with E-state index in [0.29, 0.717) is 5.02 Å². The predicted molar refractivity (Wildman–Crippen MR) is 102 cm³/mol. The van der Waals surface area contributed by atoms with Crippen LogP contribution in [0.4, 0.5) is 0 Å². The number of fused-ring (bicyclic) bond motifs is 3. The number of rotatable bonds is 5. The Bertz CT molecular complexity index is 776. The molecule has 136 valence electrons. The number of nitrogens with one attached hydrogen (secondary N) is 1. The Hall–Kier alpha value is -1.36. The van der Waals surface area contributed by atoms with E-state index >= 15 is 0 Å². The van der Waals surface area contributed by atoms with Gasteiger partial charge in [0.1, 0.15) is 17.2 Å². The molecule has 0 radical (unpaired) electrons. The summed E-state index contributed by atoms with van der Waals surface area (Å²) in [6.07, 6.45) is 2.80. The number of unbranched alkanes of at least 4 members (excludes halogenated alkanes) is 2. The van der Waals surface area contributed by atoms with Crippen molar-refractivity contribution in [1.29, 1.82) is 0 Å². The van der Waals surface area contributed by atoms with Gasteiger partial charge in [0.05, 0.1) is 11.1 Å². The summed E-state index contributed by atoms with van der Waals surface area (Å²) in [7, 11) is 0. The van der Waals surface area contributed by atoms with E-state index in [4.69, 9.17) is 16.3 Å². The van der Waals surface area contributed by atoms with Gasteiger partial charge in [-0.1, -0.05) is 43.5 Å². The highest BCUT2D eigenvalue weighted by atomic mass is 35.5. The first-order valence-corrected chi connectivity index (χ1v) is 9.43. The molecule has 0 saturated heterocycles. The quantitative estimate of drug-likeness (QED) is 0.766. The molecule has 0 aliphatic carbocycles. The largest absolute Gasteiger partial charge is 0.482 e. The van der Waals surface area contributed by atoms with Crippen molar-refractivity contribution in [2.75, 3.05) is 6.54 Å². The van der Waals surface area contributed by atoms with E-state index < -0.39 is 11.7 Å². The molecule has 5 heteroatoms. The minimum absolute atomic E-state index is 0.180. The average Bonchev–Trinajstić information content (AvgIpc) is 2.54. The van der Waals surface area contributed by atoms with Crippen molar-refractivity contribution in [3.8, 4) is 5.75 Å².